The van der Waals surface area contributed by atoms with E-state index in [0.717, 1.165) is 6.54 Å². The second kappa shape index (κ2) is 4.21. The van der Waals surface area contributed by atoms with E-state index in [1.807, 2.05) is 0 Å². The zero-order valence-electron chi connectivity index (χ0n) is 8.12. The molecule has 0 bridgehead atoms. The van der Waals surface area contributed by atoms with E-state index in [1.54, 1.807) is 0 Å². The first-order chi connectivity index (χ1) is 4.99. The van der Waals surface area contributed by atoms with Gasteiger partial charge in [0.25, 0.3) is 0 Å². The molecule has 0 amide bonds. The third-order valence-corrected chi connectivity index (χ3v) is 3.23. The van der Waals surface area contributed by atoms with E-state index in [9.17, 15) is 0 Å². The summed E-state index contributed by atoms with van der Waals surface area (Å²) in [7, 11) is 0. The average molecular weight is 351 g/mol. The van der Waals surface area contributed by atoms with E-state index in [1.165, 1.54) is 6.42 Å². The van der Waals surface area contributed by atoms with Gasteiger partial charge >= 0.3 is 0 Å². The predicted octanol–water partition coefficient (Wildman–Crippen LogP) is 0.952. The normalized spacial score (nSPS) is 39.2. The molecule has 0 spiro atoms. The van der Waals surface area contributed by atoms with Crippen molar-refractivity contribution in [2.45, 2.75) is 33.2 Å². The molecule has 0 aromatic heterocycles. The van der Waals surface area contributed by atoms with Crippen molar-refractivity contribution in [2.75, 3.05) is 6.54 Å². The maximum absolute atomic E-state index is 6.03. The molecule has 0 aromatic carbocycles. The van der Waals surface area contributed by atoms with Crippen LogP contribution in [0.1, 0.15) is 27.2 Å². The fraction of sp³-hybridized carbons (Fsp3) is 1.00. The summed E-state index contributed by atoms with van der Waals surface area (Å²) in [4.78, 5) is 0. The molecule has 3 unspecified atom stereocenters. The van der Waals surface area contributed by atoms with Crippen molar-refractivity contribution in [1.82, 2.24) is 0 Å². The first-order valence-electron chi connectivity index (χ1n) is 4.44. The van der Waals surface area contributed by atoms with Gasteiger partial charge in [0.2, 0.25) is 0 Å². The van der Waals surface area contributed by atoms with E-state index in [4.69, 9.17) is 11.5 Å². The van der Waals surface area contributed by atoms with Crippen LogP contribution in [-0.2, 0) is 21.1 Å². The van der Waals surface area contributed by atoms with Crippen molar-refractivity contribution in [3.8, 4) is 0 Å². The van der Waals surface area contributed by atoms with Crippen LogP contribution in [0.5, 0.6) is 0 Å². The molecule has 3 heteroatoms. The van der Waals surface area contributed by atoms with Crippen LogP contribution in [0.15, 0.2) is 0 Å². The summed E-state index contributed by atoms with van der Waals surface area (Å²) in [6, 6.07) is 0.315. The number of nitrogens with two attached hydrogens (primary N) is 2. The summed E-state index contributed by atoms with van der Waals surface area (Å²) in [5, 5.41) is 0. The minimum Gasteiger partial charge on any atom is -0.330 e. The average Bonchev–Trinajstić information content (AvgIpc) is 2.03. The van der Waals surface area contributed by atoms with Crippen molar-refractivity contribution in [1.29, 1.82) is 0 Å². The van der Waals surface area contributed by atoms with Gasteiger partial charge in [-0.05, 0) is 30.2 Å². The third kappa shape index (κ3) is 2.10. The summed E-state index contributed by atoms with van der Waals surface area (Å²) >= 11 is 0. The Morgan fingerprint density at radius 1 is 1.42 bits per heavy atom. The first kappa shape index (κ1) is 12.6. The third-order valence-electron chi connectivity index (χ3n) is 3.23. The standard InChI is InChI=1S/C9H20N2.Pt/c1-6-4-9(2,3)7(5-10)8(6)11;/h6-8H,4-5,10-11H2,1-3H3;. The first-order valence-corrected chi connectivity index (χ1v) is 4.44. The van der Waals surface area contributed by atoms with E-state index in [2.05, 4.69) is 20.8 Å². The Morgan fingerprint density at radius 2 is 1.92 bits per heavy atom. The van der Waals surface area contributed by atoms with Crippen LogP contribution in [0.25, 0.3) is 0 Å². The molecule has 0 aliphatic heterocycles. The zero-order chi connectivity index (χ0) is 8.65. The van der Waals surface area contributed by atoms with Gasteiger partial charge in [-0.2, -0.15) is 0 Å². The van der Waals surface area contributed by atoms with Crippen molar-refractivity contribution in [2.24, 2.45) is 28.7 Å². The Kier molecular flexibility index (Phi) is 4.43. The molecule has 2 nitrogen and oxygen atoms in total. The van der Waals surface area contributed by atoms with Gasteiger partial charge in [0.15, 0.2) is 0 Å². The van der Waals surface area contributed by atoms with Crippen molar-refractivity contribution >= 4 is 0 Å². The number of hydrogen-bond acceptors (Lipinski definition) is 2. The van der Waals surface area contributed by atoms with Gasteiger partial charge in [-0.3, -0.25) is 0 Å². The van der Waals surface area contributed by atoms with Gasteiger partial charge in [0.1, 0.15) is 0 Å². The van der Waals surface area contributed by atoms with Crippen LogP contribution in [0.2, 0.25) is 0 Å². The molecule has 12 heavy (non-hydrogen) atoms. The van der Waals surface area contributed by atoms with Crippen LogP contribution in [-0.4, -0.2) is 12.6 Å². The number of hydrogen-bond donors (Lipinski definition) is 2. The van der Waals surface area contributed by atoms with Crippen molar-refractivity contribution in [3.63, 3.8) is 0 Å². The second-order valence-corrected chi connectivity index (χ2v) is 4.59. The molecule has 76 valence electrons. The van der Waals surface area contributed by atoms with Gasteiger partial charge < -0.3 is 11.5 Å². The Balaban J connectivity index is 0.00000121. The fourth-order valence-corrected chi connectivity index (χ4v) is 2.51. The van der Waals surface area contributed by atoms with Gasteiger partial charge in [-0.15, -0.1) is 0 Å². The quantitative estimate of drug-likeness (QED) is 0.739. The molecule has 0 aromatic rings. The van der Waals surface area contributed by atoms with Crippen molar-refractivity contribution in [3.05, 3.63) is 0 Å². The zero-order valence-corrected chi connectivity index (χ0v) is 10.4. The van der Waals surface area contributed by atoms with E-state index >= 15 is 0 Å². The van der Waals surface area contributed by atoms with Crippen LogP contribution < -0.4 is 11.5 Å². The molecule has 1 aliphatic rings. The Hall–Kier alpha value is 0.608. The summed E-state index contributed by atoms with van der Waals surface area (Å²) in [6.45, 7) is 7.50. The summed E-state index contributed by atoms with van der Waals surface area (Å²) < 4.78 is 0. The topological polar surface area (TPSA) is 52.0 Å². The number of rotatable bonds is 1. The maximum atomic E-state index is 6.03. The van der Waals surface area contributed by atoms with Gasteiger partial charge in [-0.25, -0.2) is 0 Å². The molecule has 0 saturated heterocycles. The SMILES string of the molecule is CC1CC(C)(C)C(CN)C1N.[Pt]. The molecule has 3 atom stereocenters. The molecule has 1 saturated carbocycles. The van der Waals surface area contributed by atoms with E-state index in [-0.39, 0.29) is 21.1 Å². The minimum absolute atomic E-state index is 0. The molecule has 1 rings (SSSR count). The second-order valence-electron chi connectivity index (χ2n) is 4.59. The van der Waals surface area contributed by atoms with Crippen LogP contribution in [0.4, 0.5) is 0 Å². The summed E-state index contributed by atoms with van der Waals surface area (Å²) in [5.74, 6) is 1.15. The van der Waals surface area contributed by atoms with Gasteiger partial charge in [0.05, 0.1) is 0 Å². The molecular weight excluding hydrogens is 331 g/mol. The molecule has 0 heterocycles. The van der Waals surface area contributed by atoms with Crippen LogP contribution >= 0.6 is 0 Å². The monoisotopic (exact) mass is 351 g/mol. The Morgan fingerprint density at radius 3 is 2.08 bits per heavy atom. The molecule has 1 fully saturated rings. The van der Waals surface area contributed by atoms with Gasteiger partial charge in [-0.1, -0.05) is 20.8 Å². The summed E-state index contributed by atoms with van der Waals surface area (Å²) in [5.41, 5.74) is 12.1. The fourth-order valence-electron chi connectivity index (χ4n) is 2.51. The van der Waals surface area contributed by atoms with Gasteiger partial charge in [0, 0.05) is 27.1 Å². The molecule has 0 radical (unpaired) electrons. The Bertz CT molecular complexity index is 147. The van der Waals surface area contributed by atoms with Crippen molar-refractivity contribution < 1.29 is 21.1 Å². The largest absolute Gasteiger partial charge is 0.330 e. The van der Waals surface area contributed by atoms with E-state index in [0.29, 0.717) is 23.3 Å². The molecular formula is C9H20N2Pt. The smallest absolute Gasteiger partial charge is 0.0110 e. The summed E-state index contributed by atoms with van der Waals surface area (Å²) in [6.07, 6.45) is 1.22. The maximum Gasteiger partial charge on any atom is 0.0110 e. The van der Waals surface area contributed by atoms with Crippen LogP contribution in [0, 0.1) is 17.3 Å². The molecule has 1 aliphatic carbocycles. The Labute approximate surface area is 89.7 Å². The molecule has 4 N–H and O–H groups in total. The predicted molar refractivity (Wildman–Crippen MR) is 48.1 cm³/mol. The van der Waals surface area contributed by atoms with Crippen LogP contribution in [0.3, 0.4) is 0 Å². The minimum atomic E-state index is 0. The van der Waals surface area contributed by atoms with E-state index < -0.39 is 0 Å².